The van der Waals surface area contributed by atoms with E-state index < -0.39 is 5.82 Å². The molecule has 27 heavy (non-hydrogen) atoms. The molecular formula is C19H17FN2O5. The first-order chi connectivity index (χ1) is 13.2. The van der Waals surface area contributed by atoms with Gasteiger partial charge >= 0.3 is 0 Å². The maximum absolute atomic E-state index is 14.3. The highest BCUT2D eigenvalue weighted by molar-refractivity contribution is 5.88. The van der Waals surface area contributed by atoms with Crippen molar-refractivity contribution >= 4 is 23.0 Å². The van der Waals surface area contributed by atoms with Gasteiger partial charge in [0.25, 0.3) is 0 Å². The molecule has 0 aliphatic carbocycles. The zero-order valence-electron chi connectivity index (χ0n) is 14.4. The highest BCUT2D eigenvalue weighted by atomic mass is 19.1. The van der Waals surface area contributed by atoms with E-state index in [4.69, 9.17) is 19.3 Å². The number of aromatic nitrogens is 1. The van der Waals surface area contributed by atoms with Crippen LogP contribution in [0.4, 0.5) is 10.1 Å². The van der Waals surface area contributed by atoms with Crippen molar-refractivity contribution in [1.29, 1.82) is 0 Å². The topological polar surface area (TPSA) is 89.9 Å². The zero-order valence-corrected chi connectivity index (χ0v) is 14.4. The molecule has 0 aliphatic heterocycles. The molecule has 3 rings (SSSR count). The normalized spacial score (nSPS) is 10.5. The average Bonchev–Trinajstić information content (AvgIpc) is 2.68. The van der Waals surface area contributed by atoms with E-state index in [9.17, 15) is 9.18 Å². The third kappa shape index (κ3) is 4.06. The summed E-state index contributed by atoms with van der Waals surface area (Å²) in [5, 5.41) is 11.9. The van der Waals surface area contributed by atoms with Crippen molar-refractivity contribution < 1.29 is 28.5 Å². The van der Waals surface area contributed by atoms with Gasteiger partial charge in [0.05, 0.1) is 19.2 Å². The fraction of sp³-hybridized carbons (Fsp3) is 0.158. The summed E-state index contributed by atoms with van der Waals surface area (Å²) in [7, 11) is 1.50. The minimum absolute atomic E-state index is 0.00686. The Morgan fingerprint density at radius 2 is 2.00 bits per heavy atom. The second-order valence-electron chi connectivity index (χ2n) is 5.41. The van der Waals surface area contributed by atoms with Crippen LogP contribution in [0.3, 0.4) is 0 Å². The van der Waals surface area contributed by atoms with Crippen LogP contribution in [0.15, 0.2) is 42.6 Å². The van der Waals surface area contributed by atoms with Crippen molar-refractivity contribution in [3.63, 3.8) is 0 Å². The molecule has 7 nitrogen and oxygen atoms in total. The van der Waals surface area contributed by atoms with Crippen molar-refractivity contribution in [2.45, 2.75) is 0 Å². The standard InChI is InChI=1S/C19H17FN2O5/c1-25-18-10-15-13(9-19(18)26-7-6-23)16(4-5-21-15)27-17-3-2-12(22-11-24)8-14(17)20/h2-5,8-11,23H,6-7H2,1H3,(H,22,24). The number of hydrogen-bond acceptors (Lipinski definition) is 6. The lowest BCUT2D eigenvalue weighted by molar-refractivity contribution is -0.105. The van der Waals surface area contributed by atoms with Crippen molar-refractivity contribution in [3.05, 3.63) is 48.4 Å². The third-order valence-electron chi connectivity index (χ3n) is 3.71. The third-order valence-corrected chi connectivity index (χ3v) is 3.71. The molecular weight excluding hydrogens is 355 g/mol. The summed E-state index contributed by atoms with van der Waals surface area (Å²) in [5.41, 5.74) is 0.888. The number of aliphatic hydroxyl groups is 1. The number of carbonyl (C=O) groups excluding carboxylic acids is 1. The van der Waals surface area contributed by atoms with Crippen molar-refractivity contribution in [2.75, 3.05) is 25.6 Å². The molecule has 2 aromatic carbocycles. The molecule has 1 heterocycles. The molecule has 0 atom stereocenters. The number of pyridine rings is 1. The number of anilines is 1. The Kier molecular flexibility index (Phi) is 5.68. The van der Waals surface area contributed by atoms with Gasteiger partial charge in [-0.15, -0.1) is 0 Å². The minimum Gasteiger partial charge on any atom is -0.493 e. The monoisotopic (exact) mass is 372 g/mol. The smallest absolute Gasteiger partial charge is 0.211 e. The zero-order chi connectivity index (χ0) is 19.2. The van der Waals surface area contributed by atoms with E-state index in [0.717, 1.165) is 6.07 Å². The maximum Gasteiger partial charge on any atom is 0.211 e. The molecule has 2 N–H and O–H groups in total. The minimum atomic E-state index is -0.628. The predicted molar refractivity (Wildman–Crippen MR) is 97.0 cm³/mol. The fourth-order valence-corrected chi connectivity index (χ4v) is 2.51. The molecule has 0 radical (unpaired) electrons. The first-order valence-corrected chi connectivity index (χ1v) is 8.04. The molecule has 0 saturated heterocycles. The summed E-state index contributed by atoms with van der Waals surface area (Å²) in [6, 6.07) is 9.03. The highest BCUT2D eigenvalue weighted by Gasteiger charge is 2.13. The number of halogens is 1. The van der Waals surface area contributed by atoms with Crippen LogP contribution in [0.5, 0.6) is 23.0 Å². The average molecular weight is 372 g/mol. The van der Waals surface area contributed by atoms with E-state index in [1.807, 2.05) is 0 Å². The molecule has 140 valence electrons. The Morgan fingerprint density at radius 3 is 2.70 bits per heavy atom. The van der Waals surface area contributed by atoms with Crippen LogP contribution in [-0.2, 0) is 4.79 Å². The van der Waals surface area contributed by atoms with E-state index in [0.29, 0.717) is 40.2 Å². The van der Waals surface area contributed by atoms with Gasteiger partial charge in [-0.2, -0.15) is 0 Å². The SMILES string of the molecule is COc1cc2nccc(Oc3ccc(NC=O)cc3F)c2cc1OCCO. The number of benzene rings is 2. The van der Waals surface area contributed by atoms with Crippen LogP contribution in [0.2, 0.25) is 0 Å². The predicted octanol–water partition coefficient (Wildman–Crippen LogP) is 3.11. The number of methoxy groups -OCH3 is 1. The van der Waals surface area contributed by atoms with E-state index in [1.165, 1.54) is 25.4 Å². The van der Waals surface area contributed by atoms with Gasteiger partial charge in [0.2, 0.25) is 6.41 Å². The molecule has 1 aromatic heterocycles. The van der Waals surface area contributed by atoms with Crippen LogP contribution >= 0.6 is 0 Å². The lowest BCUT2D eigenvalue weighted by Crippen LogP contribution is -2.03. The molecule has 0 aliphatic rings. The largest absolute Gasteiger partial charge is 0.493 e. The summed E-state index contributed by atoms with van der Waals surface area (Å²) < 4.78 is 30.7. The van der Waals surface area contributed by atoms with Gasteiger partial charge in [-0.05, 0) is 24.3 Å². The van der Waals surface area contributed by atoms with Gasteiger partial charge < -0.3 is 24.6 Å². The van der Waals surface area contributed by atoms with Gasteiger partial charge in [0.15, 0.2) is 23.1 Å². The second-order valence-corrected chi connectivity index (χ2v) is 5.41. The highest BCUT2D eigenvalue weighted by Crippen LogP contribution is 2.37. The molecule has 1 amide bonds. The number of ether oxygens (including phenoxy) is 3. The van der Waals surface area contributed by atoms with E-state index in [1.54, 1.807) is 18.2 Å². The van der Waals surface area contributed by atoms with Gasteiger partial charge in [0.1, 0.15) is 12.4 Å². The van der Waals surface area contributed by atoms with Crippen LogP contribution in [0.1, 0.15) is 0 Å². The fourth-order valence-electron chi connectivity index (χ4n) is 2.51. The van der Waals surface area contributed by atoms with E-state index in [2.05, 4.69) is 10.3 Å². The molecule has 0 bridgehead atoms. The van der Waals surface area contributed by atoms with Crippen LogP contribution in [-0.4, -0.2) is 36.8 Å². The summed E-state index contributed by atoms with van der Waals surface area (Å²) in [6.45, 7) is -0.0535. The summed E-state index contributed by atoms with van der Waals surface area (Å²) in [4.78, 5) is 14.7. The molecule has 0 fully saturated rings. The molecule has 3 aromatic rings. The van der Waals surface area contributed by atoms with E-state index >= 15 is 0 Å². The molecule has 0 unspecified atom stereocenters. The number of amides is 1. The second kappa shape index (κ2) is 8.33. The Morgan fingerprint density at radius 1 is 1.15 bits per heavy atom. The molecule has 8 heteroatoms. The first kappa shape index (κ1) is 18.4. The first-order valence-electron chi connectivity index (χ1n) is 8.04. The van der Waals surface area contributed by atoms with Crippen LogP contribution in [0.25, 0.3) is 10.9 Å². The Bertz CT molecular complexity index is 964. The van der Waals surface area contributed by atoms with Crippen molar-refractivity contribution in [3.8, 4) is 23.0 Å². The number of aliphatic hydroxyl groups excluding tert-OH is 1. The Labute approximate surface area is 154 Å². The van der Waals surface area contributed by atoms with Crippen molar-refractivity contribution in [2.24, 2.45) is 0 Å². The number of fused-ring (bicyclic) bond motifs is 1. The van der Waals surface area contributed by atoms with Gasteiger partial charge in [-0.1, -0.05) is 0 Å². The quantitative estimate of drug-likeness (QED) is 0.591. The van der Waals surface area contributed by atoms with Crippen LogP contribution in [0, 0.1) is 5.82 Å². The number of rotatable bonds is 8. The summed E-state index contributed by atoms with van der Waals surface area (Å²) in [6.07, 6.45) is 2.00. The van der Waals surface area contributed by atoms with Gasteiger partial charge in [-0.3, -0.25) is 9.78 Å². The number of nitrogens with zero attached hydrogens (tertiary/aromatic N) is 1. The van der Waals surface area contributed by atoms with E-state index in [-0.39, 0.29) is 19.0 Å². The molecule has 0 saturated carbocycles. The summed E-state index contributed by atoms with van der Waals surface area (Å²) in [5.74, 6) is 0.593. The Balaban J connectivity index is 2.00. The van der Waals surface area contributed by atoms with Gasteiger partial charge in [0, 0.05) is 29.4 Å². The Hall–Kier alpha value is -3.39. The lowest BCUT2D eigenvalue weighted by Gasteiger charge is -2.14. The number of carbonyl (C=O) groups is 1. The maximum atomic E-state index is 14.3. The number of hydrogen-bond donors (Lipinski definition) is 2. The summed E-state index contributed by atoms with van der Waals surface area (Å²) >= 11 is 0. The molecule has 0 spiro atoms. The van der Waals surface area contributed by atoms with Crippen LogP contribution < -0.4 is 19.5 Å². The number of nitrogens with one attached hydrogen (secondary N) is 1. The van der Waals surface area contributed by atoms with Crippen molar-refractivity contribution in [1.82, 2.24) is 4.98 Å². The van der Waals surface area contributed by atoms with Gasteiger partial charge in [-0.25, -0.2) is 4.39 Å². The lowest BCUT2D eigenvalue weighted by atomic mass is 10.1.